The van der Waals surface area contributed by atoms with E-state index in [2.05, 4.69) is 19.2 Å². The van der Waals surface area contributed by atoms with E-state index in [9.17, 15) is 9.59 Å². The lowest BCUT2D eigenvalue weighted by Crippen LogP contribution is -2.24. The number of esters is 1. The summed E-state index contributed by atoms with van der Waals surface area (Å²) in [6.07, 6.45) is 4.29. The number of hydrogen-bond acceptors (Lipinski definition) is 4. The molecule has 1 N–H and O–H groups in total. The number of aryl methyl sites for hydroxylation is 2. The Kier molecular flexibility index (Phi) is 6.69. The number of benzene rings is 2. The van der Waals surface area contributed by atoms with Crippen LogP contribution in [0.4, 0.5) is 5.69 Å². The Balaban J connectivity index is 1.45. The standard InChI is InChI=1S/C23H27NO4/c1-3-16(2)20-9-4-5-10-21(20)24-22(25)14-28-23(26)15-27-19-12-11-17-7-6-8-18(17)13-19/h4-5,9-13,16H,3,6-8,14-15H2,1-2H3,(H,24,25)/t16-/m1/s1. The van der Waals surface area contributed by atoms with Crippen LogP contribution in [0.25, 0.3) is 0 Å². The second-order valence-electron chi connectivity index (χ2n) is 7.18. The van der Waals surface area contributed by atoms with Gasteiger partial charge in [-0.1, -0.05) is 38.1 Å². The highest BCUT2D eigenvalue weighted by atomic mass is 16.6. The lowest BCUT2D eigenvalue weighted by atomic mass is 9.97. The molecule has 5 nitrogen and oxygen atoms in total. The van der Waals surface area contributed by atoms with E-state index in [0.717, 1.165) is 36.9 Å². The highest BCUT2D eigenvalue weighted by Gasteiger charge is 2.14. The van der Waals surface area contributed by atoms with E-state index in [0.29, 0.717) is 11.7 Å². The zero-order valence-electron chi connectivity index (χ0n) is 16.5. The number of para-hydroxylation sites is 1. The maximum Gasteiger partial charge on any atom is 0.344 e. The number of amides is 1. The van der Waals surface area contributed by atoms with Crippen molar-refractivity contribution in [2.75, 3.05) is 18.5 Å². The Morgan fingerprint density at radius 1 is 1.07 bits per heavy atom. The van der Waals surface area contributed by atoms with Crippen molar-refractivity contribution in [3.8, 4) is 5.75 Å². The molecule has 0 bridgehead atoms. The van der Waals surface area contributed by atoms with Crippen molar-refractivity contribution in [2.24, 2.45) is 0 Å². The van der Waals surface area contributed by atoms with Crippen LogP contribution in [0.5, 0.6) is 5.75 Å². The molecule has 2 aromatic rings. The number of rotatable bonds is 8. The summed E-state index contributed by atoms with van der Waals surface area (Å²) < 4.78 is 10.5. The number of nitrogens with one attached hydrogen (secondary N) is 1. The van der Waals surface area contributed by atoms with Crippen molar-refractivity contribution in [2.45, 2.75) is 45.4 Å². The number of carbonyl (C=O) groups is 2. The summed E-state index contributed by atoms with van der Waals surface area (Å²) in [5.41, 5.74) is 4.46. The molecule has 5 heteroatoms. The van der Waals surface area contributed by atoms with Gasteiger partial charge < -0.3 is 14.8 Å². The normalized spacial score (nSPS) is 13.5. The van der Waals surface area contributed by atoms with Crippen LogP contribution in [-0.4, -0.2) is 25.1 Å². The number of fused-ring (bicyclic) bond motifs is 1. The third kappa shape index (κ3) is 5.12. The minimum absolute atomic E-state index is 0.213. The first kappa shape index (κ1) is 19.9. The fourth-order valence-corrected chi connectivity index (χ4v) is 3.41. The molecular formula is C23H27NO4. The lowest BCUT2D eigenvalue weighted by molar-refractivity contribution is -0.149. The molecule has 1 aliphatic rings. The smallest absolute Gasteiger partial charge is 0.344 e. The number of hydrogen-bond donors (Lipinski definition) is 1. The van der Waals surface area contributed by atoms with Crippen LogP contribution in [0.15, 0.2) is 42.5 Å². The molecule has 3 rings (SSSR count). The third-order valence-corrected chi connectivity index (χ3v) is 5.17. The molecule has 0 saturated carbocycles. The van der Waals surface area contributed by atoms with Crippen LogP contribution >= 0.6 is 0 Å². The van der Waals surface area contributed by atoms with Gasteiger partial charge in [-0.2, -0.15) is 0 Å². The first-order chi connectivity index (χ1) is 13.6. The van der Waals surface area contributed by atoms with Gasteiger partial charge in [0.15, 0.2) is 13.2 Å². The Hall–Kier alpha value is -2.82. The van der Waals surface area contributed by atoms with Crippen molar-refractivity contribution < 1.29 is 19.1 Å². The summed E-state index contributed by atoms with van der Waals surface area (Å²) in [7, 11) is 0. The highest BCUT2D eigenvalue weighted by molar-refractivity contribution is 5.93. The van der Waals surface area contributed by atoms with Crippen molar-refractivity contribution in [3.63, 3.8) is 0 Å². The molecule has 1 amide bonds. The molecule has 1 aliphatic carbocycles. The molecule has 0 unspecified atom stereocenters. The molecule has 28 heavy (non-hydrogen) atoms. The van der Waals surface area contributed by atoms with Crippen LogP contribution in [0.3, 0.4) is 0 Å². The zero-order valence-corrected chi connectivity index (χ0v) is 16.5. The summed E-state index contributed by atoms with van der Waals surface area (Å²) in [6, 6.07) is 13.6. The average molecular weight is 381 g/mol. The van der Waals surface area contributed by atoms with Gasteiger partial charge in [0.25, 0.3) is 5.91 Å². The molecule has 148 valence electrons. The summed E-state index contributed by atoms with van der Waals surface area (Å²) in [6.45, 7) is 3.67. The summed E-state index contributed by atoms with van der Waals surface area (Å²) in [5.74, 6) is 0.0665. The third-order valence-electron chi connectivity index (χ3n) is 5.17. The van der Waals surface area contributed by atoms with E-state index in [1.54, 1.807) is 0 Å². The Morgan fingerprint density at radius 3 is 2.68 bits per heavy atom. The van der Waals surface area contributed by atoms with E-state index in [1.807, 2.05) is 42.5 Å². The zero-order chi connectivity index (χ0) is 19.9. The van der Waals surface area contributed by atoms with Crippen LogP contribution < -0.4 is 10.1 Å². The SMILES string of the molecule is CC[C@@H](C)c1ccccc1NC(=O)COC(=O)COc1ccc2c(c1)CCC2. The van der Waals surface area contributed by atoms with Gasteiger partial charge in [-0.05, 0) is 66.5 Å². The van der Waals surface area contributed by atoms with Gasteiger partial charge in [-0.3, -0.25) is 4.79 Å². The van der Waals surface area contributed by atoms with Gasteiger partial charge in [-0.25, -0.2) is 4.79 Å². The van der Waals surface area contributed by atoms with Crippen molar-refractivity contribution in [1.29, 1.82) is 0 Å². The number of carbonyl (C=O) groups excluding carboxylic acids is 2. The van der Waals surface area contributed by atoms with Gasteiger partial charge in [0.2, 0.25) is 0 Å². The van der Waals surface area contributed by atoms with Crippen LogP contribution in [0, 0.1) is 0 Å². The first-order valence-corrected chi connectivity index (χ1v) is 9.85. The number of ether oxygens (including phenoxy) is 2. The molecule has 0 heterocycles. The fraction of sp³-hybridized carbons (Fsp3) is 0.391. The molecule has 0 aromatic heterocycles. The second-order valence-corrected chi connectivity index (χ2v) is 7.18. The molecule has 1 atom stereocenters. The van der Waals surface area contributed by atoms with E-state index < -0.39 is 5.97 Å². The second kappa shape index (κ2) is 9.40. The molecule has 0 aliphatic heterocycles. The van der Waals surface area contributed by atoms with Gasteiger partial charge in [0.05, 0.1) is 0 Å². The largest absolute Gasteiger partial charge is 0.482 e. The summed E-state index contributed by atoms with van der Waals surface area (Å²) >= 11 is 0. The van der Waals surface area contributed by atoms with Gasteiger partial charge in [-0.15, -0.1) is 0 Å². The predicted molar refractivity (Wildman–Crippen MR) is 109 cm³/mol. The van der Waals surface area contributed by atoms with Crippen LogP contribution in [-0.2, 0) is 27.2 Å². The average Bonchev–Trinajstić information content (AvgIpc) is 3.18. The Morgan fingerprint density at radius 2 is 1.86 bits per heavy atom. The van der Waals surface area contributed by atoms with Gasteiger partial charge in [0.1, 0.15) is 5.75 Å². The Labute approximate surface area is 166 Å². The lowest BCUT2D eigenvalue weighted by Gasteiger charge is -2.15. The van der Waals surface area contributed by atoms with Gasteiger partial charge >= 0.3 is 5.97 Å². The van der Waals surface area contributed by atoms with Crippen molar-refractivity contribution in [1.82, 2.24) is 0 Å². The molecule has 2 aromatic carbocycles. The highest BCUT2D eigenvalue weighted by Crippen LogP contribution is 2.27. The summed E-state index contributed by atoms with van der Waals surface area (Å²) in [4.78, 5) is 24.1. The quantitative estimate of drug-likeness (QED) is 0.694. The predicted octanol–water partition coefficient (Wildman–Crippen LogP) is 4.25. The monoisotopic (exact) mass is 381 g/mol. The van der Waals surface area contributed by atoms with Gasteiger partial charge in [0, 0.05) is 5.69 Å². The molecule has 0 saturated heterocycles. The molecule has 0 radical (unpaired) electrons. The number of anilines is 1. The minimum atomic E-state index is -0.564. The van der Waals surface area contributed by atoms with Crippen LogP contribution in [0.1, 0.15) is 49.3 Å². The maximum absolute atomic E-state index is 12.2. The molecule has 0 spiro atoms. The van der Waals surface area contributed by atoms with E-state index in [-0.39, 0.29) is 19.1 Å². The van der Waals surface area contributed by atoms with Crippen molar-refractivity contribution >= 4 is 17.6 Å². The minimum Gasteiger partial charge on any atom is -0.482 e. The van der Waals surface area contributed by atoms with Crippen LogP contribution in [0.2, 0.25) is 0 Å². The van der Waals surface area contributed by atoms with E-state index >= 15 is 0 Å². The maximum atomic E-state index is 12.2. The topological polar surface area (TPSA) is 64.6 Å². The first-order valence-electron chi connectivity index (χ1n) is 9.85. The fourth-order valence-electron chi connectivity index (χ4n) is 3.41. The summed E-state index contributed by atoms with van der Waals surface area (Å²) in [5, 5.41) is 2.83. The van der Waals surface area contributed by atoms with Crippen molar-refractivity contribution in [3.05, 3.63) is 59.2 Å². The van der Waals surface area contributed by atoms with E-state index in [4.69, 9.17) is 9.47 Å². The van der Waals surface area contributed by atoms with E-state index in [1.165, 1.54) is 11.1 Å². The Bertz CT molecular complexity index is 846. The molecule has 0 fully saturated rings. The molecular weight excluding hydrogens is 354 g/mol.